The van der Waals surface area contributed by atoms with E-state index >= 15 is 0 Å². The number of benzene rings is 1. The summed E-state index contributed by atoms with van der Waals surface area (Å²) in [6.07, 6.45) is 3.22. The van der Waals surface area contributed by atoms with Gasteiger partial charge in [-0.1, -0.05) is 30.3 Å². The lowest BCUT2D eigenvalue weighted by atomic mass is 10.0. The number of nitrogens with one attached hydrogen (secondary N) is 2. The summed E-state index contributed by atoms with van der Waals surface area (Å²) < 4.78 is 0. The Hall–Kier alpha value is -3.49. The van der Waals surface area contributed by atoms with Crippen LogP contribution in [0.5, 0.6) is 0 Å². The number of pyridine rings is 1. The van der Waals surface area contributed by atoms with Gasteiger partial charge in [-0.05, 0) is 24.5 Å². The van der Waals surface area contributed by atoms with Gasteiger partial charge in [-0.2, -0.15) is 0 Å². The van der Waals surface area contributed by atoms with E-state index in [0.29, 0.717) is 38.2 Å². The van der Waals surface area contributed by atoms with Gasteiger partial charge in [0.25, 0.3) is 0 Å². The minimum absolute atomic E-state index is 0.0198. The van der Waals surface area contributed by atoms with E-state index in [9.17, 15) is 19.7 Å². The van der Waals surface area contributed by atoms with Crippen LogP contribution in [0.3, 0.4) is 0 Å². The van der Waals surface area contributed by atoms with E-state index in [0.717, 1.165) is 5.56 Å². The number of carbonyl (C=O) groups excluding carboxylic acids is 2. The first-order chi connectivity index (χ1) is 14.4. The third-order valence-electron chi connectivity index (χ3n) is 5.08. The third kappa shape index (κ3) is 5.53. The molecule has 0 unspecified atom stereocenters. The molecule has 9 nitrogen and oxygen atoms in total. The molecule has 9 heteroatoms. The highest BCUT2D eigenvalue weighted by atomic mass is 16.6. The quantitative estimate of drug-likeness (QED) is 0.530. The number of amides is 2. The topological polar surface area (TPSA) is 117 Å². The average Bonchev–Trinajstić information content (AvgIpc) is 2.74. The summed E-state index contributed by atoms with van der Waals surface area (Å²) in [6.45, 7) is 2.49. The van der Waals surface area contributed by atoms with Crippen LogP contribution >= 0.6 is 0 Å². The molecule has 2 amide bonds. The molecule has 3 rings (SSSR count). The number of hydrogen-bond donors (Lipinski definition) is 2. The van der Waals surface area contributed by atoms with Crippen molar-refractivity contribution in [3.63, 3.8) is 0 Å². The third-order valence-corrected chi connectivity index (χ3v) is 5.08. The number of nitrogens with zero attached hydrogens (tertiary/aromatic N) is 3. The fraction of sp³-hybridized carbons (Fsp3) is 0.381. The molecule has 1 aliphatic heterocycles. The van der Waals surface area contributed by atoms with Gasteiger partial charge in [-0.15, -0.1) is 0 Å². The zero-order chi connectivity index (χ0) is 21.5. The minimum Gasteiger partial charge on any atom is -0.351 e. The van der Waals surface area contributed by atoms with Crippen molar-refractivity contribution >= 4 is 23.3 Å². The zero-order valence-corrected chi connectivity index (χ0v) is 16.8. The second kappa shape index (κ2) is 9.82. The monoisotopic (exact) mass is 411 g/mol. The molecular weight excluding hydrogens is 386 g/mol. The standard InChI is InChI=1S/C21H25N5O4/c1-15(27)23-18(14-16-6-3-2-4-7-16)21(28)24-17-9-12-25(13-10-17)20-19(26(29)30)8-5-11-22-20/h2-8,11,17-18H,9-10,12-14H2,1H3,(H,23,27)(H,24,28)/t18-/m1/s1. The van der Waals surface area contributed by atoms with E-state index in [1.54, 1.807) is 6.07 Å². The molecule has 1 saturated heterocycles. The second-order valence-electron chi connectivity index (χ2n) is 7.32. The van der Waals surface area contributed by atoms with Gasteiger partial charge >= 0.3 is 5.69 Å². The number of hydrogen-bond acceptors (Lipinski definition) is 6. The maximum absolute atomic E-state index is 12.8. The zero-order valence-electron chi connectivity index (χ0n) is 16.8. The molecule has 2 heterocycles. The molecular formula is C21H25N5O4. The first-order valence-electron chi connectivity index (χ1n) is 9.90. The van der Waals surface area contributed by atoms with E-state index in [4.69, 9.17) is 0 Å². The minimum atomic E-state index is -0.653. The van der Waals surface area contributed by atoms with Gasteiger partial charge in [0.05, 0.1) is 4.92 Å². The average molecular weight is 411 g/mol. The van der Waals surface area contributed by atoms with Crippen LogP contribution < -0.4 is 15.5 Å². The Labute approximate surface area is 174 Å². The fourth-order valence-electron chi connectivity index (χ4n) is 3.62. The molecule has 1 fully saturated rings. The maximum atomic E-state index is 12.8. The van der Waals surface area contributed by atoms with Gasteiger partial charge in [-0.25, -0.2) is 4.98 Å². The first-order valence-corrected chi connectivity index (χ1v) is 9.90. The lowest BCUT2D eigenvalue weighted by Gasteiger charge is -2.33. The molecule has 2 N–H and O–H groups in total. The van der Waals surface area contributed by atoms with Crippen LogP contribution in [0, 0.1) is 10.1 Å². The van der Waals surface area contributed by atoms with Gasteiger partial charge in [0, 0.05) is 44.7 Å². The van der Waals surface area contributed by atoms with Crippen LogP contribution in [0.15, 0.2) is 48.7 Å². The summed E-state index contributed by atoms with van der Waals surface area (Å²) in [5, 5.41) is 17.0. The van der Waals surface area contributed by atoms with Gasteiger partial charge in [-0.3, -0.25) is 19.7 Å². The number of rotatable bonds is 7. The maximum Gasteiger partial charge on any atom is 0.311 e. The SMILES string of the molecule is CC(=O)N[C@H](Cc1ccccc1)C(=O)NC1CCN(c2ncccc2[N+](=O)[O-])CC1. The van der Waals surface area contributed by atoms with Crippen molar-refractivity contribution in [2.45, 2.75) is 38.3 Å². The molecule has 158 valence electrons. The van der Waals surface area contributed by atoms with Gasteiger partial charge in [0.15, 0.2) is 0 Å². The van der Waals surface area contributed by atoms with Crippen molar-refractivity contribution in [1.82, 2.24) is 15.6 Å². The highest BCUT2D eigenvalue weighted by Crippen LogP contribution is 2.27. The molecule has 1 aromatic heterocycles. The summed E-state index contributed by atoms with van der Waals surface area (Å²) in [4.78, 5) is 41.2. The smallest absolute Gasteiger partial charge is 0.311 e. The van der Waals surface area contributed by atoms with Crippen molar-refractivity contribution in [2.24, 2.45) is 0 Å². The van der Waals surface area contributed by atoms with Crippen LogP contribution in [0.25, 0.3) is 0 Å². The molecule has 0 bridgehead atoms. The highest BCUT2D eigenvalue weighted by Gasteiger charge is 2.28. The normalized spacial score (nSPS) is 15.3. The summed E-state index contributed by atoms with van der Waals surface area (Å²) in [6, 6.07) is 11.8. The Kier molecular flexibility index (Phi) is 6.95. The molecule has 0 saturated carbocycles. The molecule has 0 radical (unpaired) electrons. The lowest BCUT2D eigenvalue weighted by Crippen LogP contribution is -2.52. The van der Waals surface area contributed by atoms with Crippen molar-refractivity contribution < 1.29 is 14.5 Å². The predicted molar refractivity (Wildman–Crippen MR) is 112 cm³/mol. The Bertz CT molecular complexity index is 897. The van der Waals surface area contributed by atoms with Crippen LogP contribution in [-0.4, -0.2) is 46.9 Å². The molecule has 1 aromatic carbocycles. The highest BCUT2D eigenvalue weighted by molar-refractivity contribution is 5.87. The molecule has 2 aromatic rings. The number of anilines is 1. The summed E-state index contributed by atoms with van der Waals surface area (Å²) in [5.41, 5.74) is 0.942. The van der Waals surface area contributed by atoms with E-state index in [2.05, 4.69) is 15.6 Å². The van der Waals surface area contributed by atoms with Crippen molar-refractivity contribution in [1.29, 1.82) is 0 Å². The Balaban J connectivity index is 1.59. The van der Waals surface area contributed by atoms with E-state index in [1.165, 1.54) is 19.2 Å². The number of nitro groups is 1. The van der Waals surface area contributed by atoms with Crippen LogP contribution in [0.1, 0.15) is 25.3 Å². The van der Waals surface area contributed by atoms with E-state index in [-0.39, 0.29) is 23.5 Å². The largest absolute Gasteiger partial charge is 0.351 e. The second-order valence-corrected chi connectivity index (χ2v) is 7.32. The van der Waals surface area contributed by atoms with Gasteiger partial charge in [0.2, 0.25) is 17.6 Å². The summed E-state index contributed by atoms with van der Waals surface area (Å²) in [7, 11) is 0. The van der Waals surface area contributed by atoms with E-state index < -0.39 is 11.0 Å². The van der Waals surface area contributed by atoms with E-state index in [1.807, 2.05) is 35.2 Å². The summed E-state index contributed by atoms with van der Waals surface area (Å²) in [5.74, 6) is -0.132. The summed E-state index contributed by atoms with van der Waals surface area (Å²) >= 11 is 0. The molecule has 30 heavy (non-hydrogen) atoms. The van der Waals surface area contributed by atoms with Gasteiger partial charge in [0.1, 0.15) is 6.04 Å². The first kappa shape index (κ1) is 21.2. The Morgan fingerprint density at radius 2 is 1.90 bits per heavy atom. The Morgan fingerprint density at radius 1 is 1.20 bits per heavy atom. The molecule has 0 spiro atoms. The van der Waals surface area contributed by atoms with Crippen molar-refractivity contribution in [3.05, 3.63) is 64.3 Å². The Morgan fingerprint density at radius 3 is 2.53 bits per heavy atom. The molecule has 1 aliphatic rings. The van der Waals surface area contributed by atoms with Crippen LogP contribution in [-0.2, 0) is 16.0 Å². The number of carbonyl (C=O) groups is 2. The fourth-order valence-corrected chi connectivity index (χ4v) is 3.62. The van der Waals surface area contributed by atoms with Gasteiger partial charge < -0.3 is 15.5 Å². The van der Waals surface area contributed by atoms with Crippen LogP contribution in [0.4, 0.5) is 11.5 Å². The van der Waals surface area contributed by atoms with Crippen LogP contribution in [0.2, 0.25) is 0 Å². The number of piperidine rings is 1. The molecule has 0 aliphatic carbocycles. The lowest BCUT2D eigenvalue weighted by molar-refractivity contribution is -0.384. The van der Waals surface area contributed by atoms with Crippen molar-refractivity contribution in [3.8, 4) is 0 Å². The number of aromatic nitrogens is 1. The predicted octanol–water partition coefficient (Wildman–Crippen LogP) is 1.82. The molecule has 1 atom stereocenters. The van der Waals surface area contributed by atoms with Crippen molar-refractivity contribution in [2.75, 3.05) is 18.0 Å².